The third kappa shape index (κ3) is 4.33. The molecule has 0 radical (unpaired) electrons. The first-order valence-corrected chi connectivity index (χ1v) is 10.7. The third-order valence-corrected chi connectivity index (χ3v) is 6.88. The second kappa shape index (κ2) is 8.02. The van der Waals surface area contributed by atoms with Crippen molar-refractivity contribution in [1.82, 2.24) is 9.88 Å². The molecule has 1 aliphatic heterocycles. The highest BCUT2D eigenvalue weighted by molar-refractivity contribution is 7.22. The van der Waals surface area contributed by atoms with Gasteiger partial charge in [0, 0.05) is 38.8 Å². The molecule has 25 heavy (non-hydrogen) atoms. The molecule has 2 fully saturated rings. The summed E-state index contributed by atoms with van der Waals surface area (Å²) in [6.07, 6.45) is 8.28. The van der Waals surface area contributed by atoms with Crippen molar-refractivity contribution >= 4 is 26.7 Å². The maximum absolute atomic E-state index is 6.47. The number of benzene rings is 1. The molecule has 2 heterocycles. The number of fused-ring (bicyclic) bond motifs is 1. The fourth-order valence-corrected chi connectivity index (χ4v) is 5.39. The van der Waals surface area contributed by atoms with E-state index in [4.69, 9.17) is 10.7 Å². The molecule has 0 amide bonds. The number of para-hydroxylation sites is 1. The molecule has 1 aromatic heterocycles. The maximum atomic E-state index is 6.47. The summed E-state index contributed by atoms with van der Waals surface area (Å²) in [5, 5.41) is 1.17. The van der Waals surface area contributed by atoms with Crippen molar-refractivity contribution in [3.63, 3.8) is 0 Å². The van der Waals surface area contributed by atoms with Crippen LogP contribution >= 0.6 is 11.3 Å². The molecule has 1 aromatic carbocycles. The van der Waals surface area contributed by atoms with Gasteiger partial charge in [-0.15, -0.1) is 0 Å². The molecular formula is C20H30N4S. The molecule has 0 spiro atoms. The lowest BCUT2D eigenvalue weighted by atomic mass is 9.85. The summed E-state index contributed by atoms with van der Waals surface area (Å²) in [4.78, 5) is 9.79. The molecule has 5 heteroatoms. The summed E-state index contributed by atoms with van der Waals surface area (Å²) in [5.74, 6) is 0.882. The van der Waals surface area contributed by atoms with E-state index in [0.29, 0.717) is 6.04 Å². The van der Waals surface area contributed by atoms with Crippen LogP contribution in [0, 0.1) is 5.92 Å². The number of thiazole rings is 1. The van der Waals surface area contributed by atoms with E-state index in [0.717, 1.165) is 44.2 Å². The summed E-state index contributed by atoms with van der Waals surface area (Å²) in [7, 11) is 0. The molecule has 1 saturated carbocycles. The highest BCUT2D eigenvalue weighted by Crippen LogP contribution is 2.29. The van der Waals surface area contributed by atoms with Crippen LogP contribution in [0.3, 0.4) is 0 Å². The van der Waals surface area contributed by atoms with E-state index in [2.05, 4.69) is 34.1 Å². The van der Waals surface area contributed by atoms with Crippen molar-refractivity contribution in [2.75, 3.05) is 37.6 Å². The smallest absolute Gasteiger partial charge is 0.186 e. The molecule has 0 bridgehead atoms. The van der Waals surface area contributed by atoms with Crippen LogP contribution in [0.25, 0.3) is 10.2 Å². The van der Waals surface area contributed by atoms with Crippen molar-refractivity contribution in [2.24, 2.45) is 11.7 Å². The number of hydrogen-bond donors (Lipinski definition) is 1. The lowest BCUT2D eigenvalue weighted by Crippen LogP contribution is -2.50. The summed E-state index contributed by atoms with van der Waals surface area (Å²) in [5.41, 5.74) is 7.59. The minimum absolute atomic E-state index is 0.345. The normalized spacial score (nSPS) is 21.7. The van der Waals surface area contributed by atoms with Crippen LogP contribution in [-0.4, -0.2) is 48.6 Å². The van der Waals surface area contributed by atoms with Crippen LogP contribution in [0.5, 0.6) is 0 Å². The number of anilines is 1. The Labute approximate surface area is 155 Å². The monoisotopic (exact) mass is 358 g/mol. The number of aromatic nitrogens is 1. The molecule has 4 nitrogen and oxygen atoms in total. The standard InChI is InChI=1S/C20H30N4S/c21-17(14-16-6-2-1-3-7-16)15-23-10-12-24(13-11-23)20-22-18-8-4-5-9-19(18)25-20/h4-5,8-9,16-17H,1-3,6-7,10-15,21H2/t17-/m1/s1. The third-order valence-electron chi connectivity index (χ3n) is 5.78. The first-order chi connectivity index (χ1) is 12.3. The van der Waals surface area contributed by atoms with Gasteiger partial charge < -0.3 is 10.6 Å². The zero-order chi connectivity index (χ0) is 17.1. The summed E-state index contributed by atoms with van der Waals surface area (Å²) in [6.45, 7) is 5.40. The Kier molecular flexibility index (Phi) is 5.54. The van der Waals surface area contributed by atoms with Gasteiger partial charge in [-0.25, -0.2) is 4.98 Å². The zero-order valence-electron chi connectivity index (χ0n) is 15.1. The Morgan fingerprint density at radius 3 is 2.60 bits per heavy atom. The van der Waals surface area contributed by atoms with E-state index in [1.807, 2.05) is 11.3 Å². The number of hydrogen-bond acceptors (Lipinski definition) is 5. The van der Waals surface area contributed by atoms with Crippen LogP contribution in [0.4, 0.5) is 5.13 Å². The fourth-order valence-electron chi connectivity index (χ4n) is 4.37. The lowest BCUT2D eigenvalue weighted by molar-refractivity contribution is 0.220. The lowest BCUT2D eigenvalue weighted by Gasteiger charge is -2.36. The zero-order valence-corrected chi connectivity index (χ0v) is 15.9. The van der Waals surface area contributed by atoms with E-state index >= 15 is 0 Å². The Bertz CT molecular complexity index is 638. The van der Waals surface area contributed by atoms with E-state index in [9.17, 15) is 0 Å². The van der Waals surface area contributed by atoms with Crippen molar-refractivity contribution in [3.05, 3.63) is 24.3 Å². The quantitative estimate of drug-likeness (QED) is 0.885. The van der Waals surface area contributed by atoms with E-state index in [-0.39, 0.29) is 0 Å². The highest BCUT2D eigenvalue weighted by Gasteiger charge is 2.23. The molecule has 1 saturated heterocycles. The summed E-state index contributed by atoms with van der Waals surface area (Å²) >= 11 is 1.81. The van der Waals surface area contributed by atoms with E-state index < -0.39 is 0 Å². The minimum Gasteiger partial charge on any atom is -0.345 e. The highest BCUT2D eigenvalue weighted by atomic mass is 32.1. The Morgan fingerprint density at radius 2 is 1.84 bits per heavy atom. The average molecular weight is 359 g/mol. The summed E-state index contributed by atoms with van der Waals surface area (Å²) in [6, 6.07) is 8.78. The molecule has 1 atom stereocenters. The van der Waals surface area contributed by atoms with Crippen LogP contribution in [-0.2, 0) is 0 Å². The van der Waals surface area contributed by atoms with Gasteiger partial charge in [0.15, 0.2) is 5.13 Å². The topological polar surface area (TPSA) is 45.4 Å². The minimum atomic E-state index is 0.345. The van der Waals surface area contributed by atoms with Crippen LogP contribution < -0.4 is 10.6 Å². The van der Waals surface area contributed by atoms with Gasteiger partial charge in [0.25, 0.3) is 0 Å². The first-order valence-electron chi connectivity index (χ1n) is 9.86. The van der Waals surface area contributed by atoms with E-state index in [1.54, 1.807) is 0 Å². The van der Waals surface area contributed by atoms with Gasteiger partial charge in [-0.05, 0) is 24.5 Å². The van der Waals surface area contributed by atoms with Gasteiger partial charge in [0.2, 0.25) is 0 Å². The average Bonchev–Trinajstić information content (AvgIpc) is 3.07. The fraction of sp³-hybridized carbons (Fsp3) is 0.650. The van der Waals surface area contributed by atoms with Gasteiger partial charge in [0.1, 0.15) is 0 Å². The molecule has 2 N–H and O–H groups in total. The predicted octanol–water partition coefficient (Wildman–Crippen LogP) is 3.72. The molecule has 136 valence electrons. The molecule has 2 aliphatic rings. The van der Waals surface area contributed by atoms with Crippen LogP contribution in [0.1, 0.15) is 38.5 Å². The molecule has 4 rings (SSSR count). The SMILES string of the molecule is N[C@H](CC1CCCCC1)CN1CCN(c2nc3ccccc3s2)CC1. The molecular weight excluding hydrogens is 328 g/mol. The molecule has 2 aromatic rings. The second-order valence-corrected chi connectivity index (χ2v) is 8.76. The van der Waals surface area contributed by atoms with Gasteiger partial charge >= 0.3 is 0 Å². The van der Waals surface area contributed by atoms with Crippen molar-refractivity contribution in [1.29, 1.82) is 0 Å². The Morgan fingerprint density at radius 1 is 1.08 bits per heavy atom. The van der Waals surface area contributed by atoms with Gasteiger partial charge in [0.05, 0.1) is 10.2 Å². The van der Waals surface area contributed by atoms with Gasteiger partial charge in [-0.1, -0.05) is 55.6 Å². The van der Waals surface area contributed by atoms with Crippen molar-refractivity contribution < 1.29 is 0 Å². The maximum Gasteiger partial charge on any atom is 0.186 e. The van der Waals surface area contributed by atoms with Gasteiger partial charge in [-0.3, -0.25) is 4.90 Å². The number of rotatable bonds is 5. The predicted molar refractivity (Wildman–Crippen MR) is 107 cm³/mol. The Balaban J connectivity index is 1.26. The van der Waals surface area contributed by atoms with Crippen molar-refractivity contribution in [2.45, 2.75) is 44.6 Å². The number of nitrogens with two attached hydrogens (primary N) is 1. The number of nitrogens with zero attached hydrogens (tertiary/aromatic N) is 3. The number of piperazine rings is 1. The largest absolute Gasteiger partial charge is 0.345 e. The molecule has 0 unspecified atom stereocenters. The van der Waals surface area contributed by atoms with E-state index in [1.165, 1.54) is 48.4 Å². The van der Waals surface area contributed by atoms with Gasteiger partial charge in [-0.2, -0.15) is 0 Å². The first kappa shape index (κ1) is 17.3. The second-order valence-electron chi connectivity index (χ2n) is 7.75. The van der Waals surface area contributed by atoms with Crippen molar-refractivity contribution in [3.8, 4) is 0 Å². The van der Waals surface area contributed by atoms with Crippen LogP contribution in [0.2, 0.25) is 0 Å². The Hall–Kier alpha value is -1.17. The van der Waals surface area contributed by atoms with Crippen LogP contribution in [0.15, 0.2) is 24.3 Å². The summed E-state index contributed by atoms with van der Waals surface area (Å²) < 4.78 is 1.29. The molecule has 1 aliphatic carbocycles.